The molecule has 0 aliphatic rings. The van der Waals surface area contributed by atoms with E-state index in [1.807, 2.05) is 0 Å². The maximum atomic E-state index is 13.6. The molecule has 1 aromatic heterocycles. The van der Waals surface area contributed by atoms with Crippen LogP contribution in [0.25, 0.3) is 0 Å². The number of hydrogen-bond acceptors (Lipinski definition) is 4. The smallest absolute Gasteiger partial charge is 0.288 e. The summed E-state index contributed by atoms with van der Waals surface area (Å²) >= 11 is 0. The lowest BCUT2D eigenvalue weighted by atomic mass is 10.1. The highest BCUT2D eigenvalue weighted by molar-refractivity contribution is 5.36. The highest BCUT2D eigenvalue weighted by Gasteiger charge is 2.18. The highest BCUT2D eigenvalue weighted by Crippen LogP contribution is 2.21. The van der Waals surface area contributed by atoms with Crippen LogP contribution in [-0.4, -0.2) is 14.6 Å². The number of halogens is 2. The second kappa shape index (κ2) is 6.02. The number of aliphatic hydroxyl groups excluding tert-OH is 1. The van der Waals surface area contributed by atoms with Gasteiger partial charge in [-0.2, -0.15) is 0 Å². The number of aromatic nitrogens is 1. The van der Waals surface area contributed by atoms with Crippen LogP contribution in [-0.2, 0) is 6.54 Å². The van der Waals surface area contributed by atoms with E-state index in [9.17, 15) is 28.8 Å². The van der Waals surface area contributed by atoms with Crippen molar-refractivity contribution >= 4 is 5.69 Å². The van der Waals surface area contributed by atoms with Crippen molar-refractivity contribution in [3.63, 3.8) is 0 Å². The third kappa shape index (κ3) is 3.17. The van der Waals surface area contributed by atoms with E-state index in [4.69, 9.17) is 0 Å². The van der Waals surface area contributed by atoms with Crippen LogP contribution < -0.4 is 5.56 Å². The van der Waals surface area contributed by atoms with Crippen molar-refractivity contribution < 1.29 is 18.8 Å². The molecule has 0 saturated carbocycles. The van der Waals surface area contributed by atoms with Gasteiger partial charge in [-0.1, -0.05) is 6.07 Å². The molecule has 2 rings (SSSR count). The zero-order valence-electron chi connectivity index (χ0n) is 11.5. The largest absolute Gasteiger partial charge is 0.386 e. The van der Waals surface area contributed by atoms with Crippen LogP contribution in [0, 0.1) is 28.7 Å². The molecule has 0 saturated heterocycles. The number of nitrogens with zero attached hydrogens (tertiary/aromatic N) is 2. The van der Waals surface area contributed by atoms with E-state index in [-0.39, 0.29) is 23.4 Å². The van der Waals surface area contributed by atoms with Crippen LogP contribution in [0.3, 0.4) is 0 Å². The molecule has 8 heteroatoms. The first-order valence-corrected chi connectivity index (χ1v) is 6.28. The number of pyridine rings is 1. The Kier molecular flexibility index (Phi) is 4.32. The van der Waals surface area contributed by atoms with Crippen molar-refractivity contribution in [3.05, 3.63) is 73.7 Å². The number of rotatable bonds is 4. The average Bonchev–Trinajstić information content (AvgIpc) is 2.41. The zero-order valence-corrected chi connectivity index (χ0v) is 11.5. The predicted molar refractivity (Wildman–Crippen MR) is 73.4 cm³/mol. The average molecular weight is 310 g/mol. The molecular weight excluding hydrogens is 298 g/mol. The molecule has 0 spiro atoms. The molecule has 0 bridgehead atoms. The molecule has 0 aliphatic carbocycles. The minimum atomic E-state index is -1.44. The van der Waals surface area contributed by atoms with Gasteiger partial charge >= 0.3 is 0 Å². The third-order valence-electron chi connectivity index (χ3n) is 3.19. The number of nitro groups is 1. The second-order valence-electron chi connectivity index (χ2n) is 4.77. The fourth-order valence-electron chi connectivity index (χ4n) is 2.05. The predicted octanol–water partition coefficient (Wildman–Crippen LogP) is 2.08. The first kappa shape index (κ1) is 15.8. The molecule has 116 valence electrons. The Labute approximate surface area is 123 Å². The van der Waals surface area contributed by atoms with Gasteiger partial charge in [0.15, 0.2) is 0 Å². The van der Waals surface area contributed by atoms with E-state index < -0.39 is 28.2 Å². The summed E-state index contributed by atoms with van der Waals surface area (Å²) < 4.78 is 27.3. The SMILES string of the molecule is Cc1cc(=O)n(CC(O)c2ccc(F)cc2F)cc1[N+](=O)[O-]. The number of hydrogen-bond donors (Lipinski definition) is 1. The summed E-state index contributed by atoms with van der Waals surface area (Å²) in [4.78, 5) is 22.0. The van der Waals surface area contributed by atoms with E-state index in [1.54, 1.807) is 0 Å². The van der Waals surface area contributed by atoms with Gasteiger partial charge in [0.25, 0.3) is 11.2 Å². The third-order valence-corrected chi connectivity index (χ3v) is 3.19. The molecule has 0 fully saturated rings. The van der Waals surface area contributed by atoms with Crippen molar-refractivity contribution in [1.29, 1.82) is 0 Å². The maximum Gasteiger partial charge on any atom is 0.288 e. The summed E-state index contributed by atoms with van der Waals surface area (Å²) in [6.07, 6.45) is -0.455. The van der Waals surface area contributed by atoms with E-state index in [0.717, 1.165) is 29.0 Å². The van der Waals surface area contributed by atoms with E-state index in [2.05, 4.69) is 0 Å². The molecule has 0 amide bonds. The summed E-state index contributed by atoms with van der Waals surface area (Å²) in [6, 6.07) is 3.70. The van der Waals surface area contributed by atoms with E-state index in [0.29, 0.717) is 6.07 Å². The topological polar surface area (TPSA) is 85.4 Å². The Morgan fingerprint density at radius 3 is 2.64 bits per heavy atom. The lowest BCUT2D eigenvalue weighted by molar-refractivity contribution is -0.386. The number of aryl methyl sites for hydroxylation is 1. The molecule has 1 N–H and O–H groups in total. The van der Waals surface area contributed by atoms with Crippen LogP contribution >= 0.6 is 0 Å². The molecule has 1 heterocycles. The van der Waals surface area contributed by atoms with Gasteiger partial charge < -0.3 is 9.67 Å². The van der Waals surface area contributed by atoms with Crippen LogP contribution in [0.5, 0.6) is 0 Å². The van der Waals surface area contributed by atoms with Gasteiger partial charge in [-0.3, -0.25) is 14.9 Å². The molecule has 6 nitrogen and oxygen atoms in total. The Morgan fingerprint density at radius 2 is 2.05 bits per heavy atom. The van der Waals surface area contributed by atoms with Crippen LogP contribution in [0.15, 0.2) is 35.3 Å². The molecule has 1 aromatic carbocycles. The normalized spacial score (nSPS) is 12.2. The van der Waals surface area contributed by atoms with Gasteiger partial charge in [-0.05, 0) is 13.0 Å². The van der Waals surface area contributed by atoms with Gasteiger partial charge in [-0.25, -0.2) is 8.78 Å². The number of benzene rings is 1. The summed E-state index contributed by atoms with van der Waals surface area (Å²) in [6.45, 7) is 1.03. The molecule has 22 heavy (non-hydrogen) atoms. The van der Waals surface area contributed by atoms with E-state index in [1.165, 1.54) is 6.92 Å². The summed E-state index contributed by atoms with van der Waals surface area (Å²) in [5, 5.41) is 20.8. The van der Waals surface area contributed by atoms with Gasteiger partial charge in [0.05, 0.1) is 23.8 Å². The Hall–Kier alpha value is -2.61. The second-order valence-corrected chi connectivity index (χ2v) is 4.77. The number of aliphatic hydroxyl groups is 1. The minimum Gasteiger partial charge on any atom is -0.386 e. The Morgan fingerprint density at radius 1 is 1.36 bits per heavy atom. The van der Waals surface area contributed by atoms with Crippen LogP contribution in [0.1, 0.15) is 17.2 Å². The molecule has 0 aliphatic heterocycles. The molecule has 1 atom stereocenters. The monoisotopic (exact) mass is 310 g/mol. The standard InChI is InChI=1S/C14H12F2N2O4/c1-8-4-14(20)17(6-12(8)18(21)22)7-13(19)10-3-2-9(15)5-11(10)16/h2-6,13,19H,7H2,1H3. The fraction of sp³-hybridized carbons (Fsp3) is 0.214. The van der Waals surface area contributed by atoms with Crippen LogP contribution in [0.4, 0.5) is 14.5 Å². The molecular formula is C14H12F2N2O4. The summed E-state index contributed by atoms with van der Waals surface area (Å²) in [7, 11) is 0. The lowest BCUT2D eigenvalue weighted by Gasteiger charge is -2.14. The van der Waals surface area contributed by atoms with Crippen molar-refractivity contribution in [2.45, 2.75) is 19.6 Å². The molecule has 1 unspecified atom stereocenters. The van der Waals surface area contributed by atoms with Gasteiger partial charge in [-0.15, -0.1) is 0 Å². The summed E-state index contributed by atoms with van der Waals surface area (Å²) in [5.74, 6) is -1.75. The zero-order chi connectivity index (χ0) is 16.4. The van der Waals surface area contributed by atoms with Gasteiger partial charge in [0, 0.05) is 23.3 Å². The van der Waals surface area contributed by atoms with Gasteiger partial charge in [0.2, 0.25) is 0 Å². The molecule has 0 radical (unpaired) electrons. The van der Waals surface area contributed by atoms with Crippen molar-refractivity contribution in [1.82, 2.24) is 4.57 Å². The first-order chi connectivity index (χ1) is 10.3. The first-order valence-electron chi connectivity index (χ1n) is 6.28. The highest BCUT2D eigenvalue weighted by atomic mass is 19.1. The summed E-state index contributed by atoms with van der Waals surface area (Å²) in [5.41, 5.74) is -0.860. The fourth-order valence-corrected chi connectivity index (χ4v) is 2.05. The van der Waals surface area contributed by atoms with Crippen molar-refractivity contribution in [3.8, 4) is 0 Å². The quantitative estimate of drug-likeness (QED) is 0.692. The minimum absolute atomic E-state index is 0.189. The Balaban J connectivity index is 2.36. The molecule has 2 aromatic rings. The van der Waals surface area contributed by atoms with Crippen molar-refractivity contribution in [2.75, 3.05) is 0 Å². The lowest BCUT2D eigenvalue weighted by Crippen LogP contribution is -2.23. The van der Waals surface area contributed by atoms with E-state index >= 15 is 0 Å². The Bertz CT molecular complexity index is 789. The maximum absolute atomic E-state index is 13.6. The van der Waals surface area contributed by atoms with Gasteiger partial charge in [0.1, 0.15) is 11.6 Å². The van der Waals surface area contributed by atoms with Crippen LogP contribution in [0.2, 0.25) is 0 Å². The van der Waals surface area contributed by atoms with Crippen molar-refractivity contribution in [2.24, 2.45) is 0 Å².